The zero-order chi connectivity index (χ0) is 13.1. The zero-order valence-corrected chi connectivity index (χ0v) is 12.0. The molecule has 2 aromatic carbocycles. The van der Waals surface area contributed by atoms with Crippen molar-refractivity contribution >= 4 is 15.9 Å². The molecule has 1 aliphatic heterocycles. The summed E-state index contributed by atoms with van der Waals surface area (Å²) in [5.41, 5.74) is 2.38. The second-order valence-corrected chi connectivity index (χ2v) is 5.30. The molecular weight excluding hydrogens is 302 g/mol. The standard InChI is InChI=1S/C16H14BrNO/c17-15-9-5-4-8-14(15)12-18-11-10-16(19-18)13-6-2-1-3-7-13/h1-11,16H,12H2. The monoisotopic (exact) mass is 315 g/mol. The zero-order valence-electron chi connectivity index (χ0n) is 10.4. The maximum absolute atomic E-state index is 5.91. The normalized spacial score (nSPS) is 17.9. The van der Waals surface area contributed by atoms with Crippen LogP contribution in [0.1, 0.15) is 17.2 Å². The van der Waals surface area contributed by atoms with E-state index < -0.39 is 0 Å². The van der Waals surface area contributed by atoms with Crippen LogP contribution in [0.2, 0.25) is 0 Å². The van der Waals surface area contributed by atoms with Crippen molar-refractivity contribution in [3.05, 3.63) is 82.5 Å². The Kier molecular flexibility index (Phi) is 3.67. The van der Waals surface area contributed by atoms with Crippen molar-refractivity contribution in [1.82, 2.24) is 5.06 Å². The van der Waals surface area contributed by atoms with E-state index >= 15 is 0 Å². The molecule has 0 radical (unpaired) electrons. The van der Waals surface area contributed by atoms with Crippen molar-refractivity contribution < 1.29 is 4.84 Å². The van der Waals surface area contributed by atoms with Gasteiger partial charge in [-0.15, -0.1) is 0 Å². The van der Waals surface area contributed by atoms with E-state index in [4.69, 9.17) is 4.84 Å². The van der Waals surface area contributed by atoms with Crippen LogP contribution >= 0.6 is 15.9 Å². The molecule has 1 heterocycles. The fourth-order valence-corrected chi connectivity index (χ4v) is 2.50. The molecule has 1 unspecified atom stereocenters. The molecule has 0 bridgehead atoms. The van der Waals surface area contributed by atoms with Crippen molar-refractivity contribution in [1.29, 1.82) is 0 Å². The van der Waals surface area contributed by atoms with E-state index in [1.165, 1.54) is 11.1 Å². The van der Waals surface area contributed by atoms with E-state index in [2.05, 4.69) is 40.2 Å². The Morgan fingerprint density at radius 2 is 1.74 bits per heavy atom. The number of benzene rings is 2. The van der Waals surface area contributed by atoms with Crippen LogP contribution < -0.4 is 0 Å². The Labute approximate surface area is 121 Å². The lowest BCUT2D eigenvalue weighted by molar-refractivity contribution is -0.138. The van der Waals surface area contributed by atoms with Crippen LogP contribution in [0.3, 0.4) is 0 Å². The van der Waals surface area contributed by atoms with Crippen LogP contribution in [0.15, 0.2) is 71.3 Å². The molecule has 0 spiro atoms. The molecule has 0 amide bonds. The first-order valence-electron chi connectivity index (χ1n) is 6.23. The quantitative estimate of drug-likeness (QED) is 0.829. The van der Waals surface area contributed by atoms with Crippen LogP contribution in [0.4, 0.5) is 0 Å². The molecule has 3 heteroatoms. The van der Waals surface area contributed by atoms with Gasteiger partial charge in [0.25, 0.3) is 0 Å². The Morgan fingerprint density at radius 3 is 2.53 bits per heavy atom. The maximum Gasteiger partial charge on any atom is 0.131 e. The first-order valence-corrected chi connectivity index (χ1v) is 7.02. The van der Waals surface area contributed by atoms with E-state index in [0.29, 0.717) is 0 Å². The summed E-state index contributed by atoms with van der Waals surface area (Å²) in [4.78, 5) is 5.91. The van der Waals surface area contributed by atoms with E-state index in [1.807, 2.05) is 47.7 Å². The lowest BCUT2D eigenvalue weighted by Crippen LogP contribution is -2.14. The van der Waals surface area contributed by atoms with E-state index in [9.17, 15) is 0 Å². The summed E-state index contributed by atoms with van der Waals surface area (Å²) in [6.07, 6.45) is 4.09. The minimum atomic E-state index is 0.0173. The van der Waals surface area contributed by atoms with Crippen LogP contribution in [-0.2, 0) is 11.4 Å². The van der Waals surface area contributed by atoms with Crippen molar-refractivity contribution in [2.75, 3.05) is 0 Å². The Morgan fingerprint density at radius 1 is 1.00 bits per heavy atom. The lowest BCUT2D eigenvalue weighted by atomic mass is 10.1. The Bertz CT molecular complexity index is 582. The van der Waals surface area contributed by atoms with Crippen molar-refractivity contribution in [2.24, 2.45) is 0 Å². The molecule has 0 saturated heterocycles. The summed E-state index contributed by atoms with van der Waals surface area (Å²) < 4.78 is 1.11. The minimum absolute atomic E-state index is 0.0173. The number of halogens is 1. The average Bonchev–Trinajstić information content (AvgIpc) is 2.91. The lowest BCUT2D eigenvalue weighted by Gasteiger charge is -2.19. The van der Waals surface area contributed by atoms with Gasteiger partial charge in [-0.1, -0.05) is 64.5 Å². The van der Waals surface area contributed by atoms with Gasteiger partial charge in [-0.2, -0.15) is 0 Å². The van der Waals surface area contributed by atoms with Crippen molar-refractivity contribution in [3.63, 3.8) is 0 Å². The molecule has 1 aliphatic rings. The topological polar surface area (TPSA) is 12.5 Å². The molecule has 96 valence electrons. The van der Waals surface area contributed by atoms with Gasteiger partial charge in [-0.3, -0.25) is 9.90 Å². The van der Waals surface area contributed by atoms with E-state index in [0.717, 1.165) is 11.0 Å². The van der Waals surface area contributed by atoms with Crippen molar-refractivity contribution in [2.45, 2.75) is 12.6 Å². The molecule has 0 N–H and O–H groups in total. The third-order valence-electron chi connectivity index (χ3n) is 3.09. The van der Waals surface area contributed by atoms with E-state index in [1.54, 1.807) is 0 Å². The minimum Gasteiger partial charge on any atom is -0.261 e. The molecule has 0 fully saturated rings. The van der Waals surface area contributed by atoms with E-state index in [-0.39, 0.29) is 6.10 Å². The molecule has 2 nitrogen and oxygen atoms in total. The van der Waals surface area contributed by atoms with Crippen LogP contribution in [0.25, 0.3) is 0 Å². The Balaban J connectivity index is 1.68. The SMILES string of the molecule is Brc1ccccc1CN1C=CC(c2ccccc2)O1. The molecule has 0 aromatic heterocycles. The first-order chi connectivity index (χ1) is 9.33. The summed E-state index contributed by atoms with van der Waals surface area (Å²) in [6, 6.07) is 18.4. The van der Waals surface area contributed by atoms with Gasteiger partial charge in [-0.05, 0) is 23.3 Å². The fraction of sp³-hybridized carbons (Fsp3) is 0.125. The van der Waals surface area contributed by atoms with Gasteiger partial charge >= 0.3 is 0 Å². The van der Waals surface area contributed by atoms with Gasteiger partial charge in [-0.25, -0.2) is 0 Å². The summed E-state index contributed by atoms with van der Waals surface area (Å²) >= 11 is 3.56. The van der Waals surface area contributed by atoms with Crippen LogP contribution in [0, 0.1) is 0 Å². The smallest absolute Gasteiger partial charge is 0.131 e. The summed E-state index contributed by atoms with van der Waals surface area (Å²) in [7, 11) is 0. The second-order valence-electron chi connectivity index (χ2n) is 4.44. The predicted molar refractivity (Wildman–Crippen MR) is 79.1 cm³/mol. The highest BCUT2D eigenvalue weighted by atomic mass is 79.9. The van der Waals surface area contributed by atoms with Gasteiger partial charge in [0.05, 0.1) is 6.54 Å². The second kappa shape index (κ2) is 5.59. The number of hydrogen-bond acceptors (Lipinski definition) is 2. The van der Waals surface area contributed by atoms with Gasteiger partial charge < -0.3 is 0 Å². The Hall–Kier alpha value is -1.58. The molecule has 19 heavy (non-hydrogen) atoms. The molecular formula is C16H14BrNO. The largest absolute Gasteiger partial charge is 0.261 e. The number of nitrogens with zero attached hydrogens (tertiary/aromatic N) is 1. The predicted octanol–water partition coefficient (Wildman–Crippen LogP) is 4.45. The first kappa shape index (κ1) is 12.5. The summed E-state index contributed by atoms with van der Waals surface area (Å²) in [6.45, 7) is 0.737. The van der Waals surface area contributed by atoms with Gasteiger partial charge in [0.1, 0.15) is 6.10 Å². The number of hydroxylamine groups is 2. The van der Waals surface area contributed by atoms with Crippen molar-refractivity contribution in [3.8, 4) is 0 Å². The third kappa shape index (κ3) is 2.88. The fourth-order valence-electron chi connectivity index (χ4n) is 2.09. The van der Waals surface area contributed by atoms with Crippen LogP contribution in [-0.4, -0.2) is 5.06 Å². The third-order valence-corrected chi connectivity index (χ3v) is 3.86. The van der Waals surface area contributed by atoms with Gasteiger partial charge in [0.15, 0.2) is 0 Å². The average molecular weight is 316 g/mol. The number of hydrogen-bond donors (Lipinski definition) is 0. The highest BCUT2D eigenvalue weighted by molar-refractivity contribution is 9.10. The molecule has 2 aromatic rings. The maximum atomic E-state index is 5.91. The van der Waals surface area contributed by atoms with Gasteiger partial charge in [0, 0.05) is 10.7 Å². The van der Waals surface area contributed by atoms with Crippen LogP contribution in [0.5, 0.6) is 0 Å². The van der Waals surface area contributed by atoms with Gasteiger partial charge in [0.2, 0.25) is 0 Å². The molecule has 1 atom stereocenters. The highest BCUT2D eigenvalue weighted by Gasteiger charge is 2.18. The summed E-state index contributed by atoms with van der Waals surface area (Å²) in [5.74, 6) is 0. The molecule has 0 saturated carbocycles. The number of rotatable bonds is 3. The molecule has 0 aliphatic carbocycles. The summed E-state index contributed by atoms with van der Waals surface area (Å²) in [5, 5.41) is 1.87. The molecule has 3 rings (SSSR count). The highest BCUT2D eigenvalue weighted by Crippen LogP contribution is 2.28.